The molecule has 0 fully saturated rings. The summed E-state index contributed by atoms with van der Waals surface area (Å²) < 4.78 is 2.15. The number of carbonyl (C=O) groups is 1. The summed E-state index contributed by atoms with van der Waals surface area (Å²) in [6, 6.07) is 12.0. The maximum atomic E-state index is 13.2. The minimum absolute atomic E-state index is 0.169. The van der Waals surface area contributed by atoms with E-state index in [1.165, 1.54) is 0 Å². The lowest BCUT2D eigenvalue weighted by molar-refractivity contribution is 0.0952. The minimum Gasteiger partial charge on any atom is -0.348 e. The lowest BCUT2D eigenvalue weighted by Gasteiger charge is -2.14. The Morgan fingerprint density at radius 3 is 2.65 bits per heavy atom. The van der Waals surface area contributed by atoms with E-state index in [0.29, 0.717) is 11.1 Å². The molecule has 4 rings (SSSR count). The van der Waals surface area contributed by atoms with Crippen molar-refractivity contribution in [1.82, 2.24) is 19.9 Å². The van der Waals surface area contributed by atoms with E-state index in [4.69, 9.17) is 0 Å². The molecule has 0 aliphatic rings. The van der Waals surface area contributed by atoms with E-state index in [9.17, 15) is 9.59 Å². The Hall–Kier alpha value is -3.67. The van der Waals surface area contributed by atoms with Crippen molar-refractivity contribution in [2.45, 2.75) is 40.3 Å². The fraction of sp³-hybridized carbons (Fsp3) is 0.240. The van der Waals surface area contributed by atoms with Gasteiger partial charge >= 0.3 is 0 Å². The molecular formula is C25H26N4O2. The number of aromatic amines is 1. The molecule has 0 saturated heterocycles. The van der Waals surface area contributed by atoms with Gasteiger partial charge in [-0.05, 0) is 69.2 Å². The van der Waals surface area contributed by atoms with Crippen molar-refractivity contribution in [3.05, 3.63) is 87.7 Å². The Labute approximate surface area is 181 Å². The molecule has 0 spiro atoms. The number of rotatable bonds is 5. The zero-order valence-electron chi connectivity index (χ0n) is 18.2. The van der Waals surface area contributed by atoms with Crippen LogP contribution in [-0.4, -0.2) is 20.4 Å². The van der Waals surface area contributed by atoms with E-state index < -0.39 is 0 Å². The van der Waals surface area contributed by atoms with Gasteiger partial charge in [-0.25, -0.2) is 0 Å². The molecule has 1 amide bonds. The molecule has 0 aliphatic carbocycles. The predicted octanol–water partition coefficient (Wildman–Crippen LogP) is 4.52. The second kappa shape index (κ2) is 8.22. The zero-order valence-corrected chi connectivity index (χ0v) is 18.2. The van der Waals surface area contributed by atoms with Crippen molar-refractivity contribution in [3.8, 4) is 11.1 Å². The topological polar surface area (TPSA) is 79.8 Å². The number of aryl methyl sites for hydroxylation is 2. The summed E-state index contributed by atoms with van der Waals surface area (Å²) in [5, 5.41) is 3.82. The highest BCUT2D eigenvalue weighted by atomic mass is 16.1. The van der Waals surface area contributed by atoms with Crippen LogP contribution in [0, 0.1) is 13.8 Å². The molecule has 0 saturated carbocycles. The molecule has 4 aromatic rings. The highest BCUT2D eigenvalue weighted by molar-refractivity contribution is 6.08. The summed E-state index contributed by atoms with van der Waals surface area (Å²) in [6.45, 7) is 8.12. The third-order valence-corrected chi connectivity index (χ3v) is 5.55. The zero-order chi connectivity index (χ0) is 22.1. The van der Waals surface area contributed by atoms with Crippen LogP contribution in [0.4, 0.5) is 0 Å². The number of aromatic nitrogens is 3. The third kappa shape index (κ3) is 4.01. The Morgan fingerprint density at radius 1 is 1.16 bits per heavy atom. The summed E-state index contributed by atoms with van der Waals surface area (Å²) in [6.07, 6.45) is 5.53. The first kappa shape index (κ1) is 20.6. The molecule has 0 bridgehead atoms. The number of nitrogens with one attached hydrogen (secondary N) is 2. The van der Waals surface area contributed by atoms with Gasteiger partial charge in [-0.1, -0.05) is 6.07 Å². The maximum absolute atomic E-state index is 13.2. The fourth-order valence-corrected chi connectivity index (χ4v) is 3.97. The van der Waals surface area contributed by atoms with Crippen LogP contribution in [0.1, 0.15) is 47.1 Å². The number of nitrogens with zero attached hydrogens (tertiary/aromatic N) is 2. The van der Waals surface area contributed by atoms with Crippen LogP contribution in [0.3, 0.4) is 0 Å². The smallest absolute Gasteiger partial charge is 0.253 e. The number of carbonyl (C=O) groups excluding carboxylic acids is 1. The molecule has 0 radical (unpaired) electrons. The van der Waals surface area contributed by atoms with Crippen molar-refractivity contribution in [2.75, 3.05) is 0 Å². The van der Waals surface area contributed by atoms with Gasteiger partial charge in [0.15, 0.2) is 0 Å². The molecule has 1 aromatic carbocycles. The van der Waals surface area contributed by atoms with E-state index in [1.807, 2.05) is 50.4 Å². The summed E-state index contributed by atoms with van der Waals surface area (Å²) in [7, 11) is 0. The van der Waals surface area contributed by atoms with Crippen LogP contribution in [0.2, 0.25) is 0 Å². The second-order valence-corrected chi connectivity index (χ2v) is 8.14. The van der Waals surface area contributed by atoms with Crippen molar-refractivity contribution in [1.29, 1.82) is 0 Å². The molecule has 3 heterocycles. The van der Waals surface area contributed by atoms with Crippen LogP contribution in [0.15, 0.2) is 59.8 Å². The monoisotopic (exact) mass is 414 g/mol. The molecule has 6 heteroatoms. The highest BCUT2D eigenvalue weighted by Crippen LogP contribution is 2.30. The minimum atomic E-state index is -0.211. The summed E-state index contributed by atoms with van der Waals surface area (Å²) in [5.41, 5.74) is 5.51. The number of benzene rings is 1. The third-order valence-electron chi connectivity index (χ3n) is 5.55. The first-order valence-electron chi connectivity index (χ1n) is 10.4. The summed E-state index contributed by atoms with van der Waals surface area (Å²) in [5.74, 6) is -0.211. The number of H-pyrrole nitrogens is 1. The number of fused-ring (bicyclic) bond motifs is 1. The van der Waals surface area contributed by atoms with E-state index in [0.717, 1.165) is 33.3 Å². The molecule has 31 heavy (non-hydrogen) atoms. The van der Waals surface area contributed by atoms with E-state index in [-0.39, 0.29) is 24.1 Å². The van der Waals surface area contributed by atoms with Gasteiger partial charge in [0.05, 0.1) is 0 Å². The van der Waals surface area contributed by atoms with Gasteiger partial charge in [0.25, 0.3) is 11.5 Å². The van der Waals surface area contributed by atoms with Crippen molar-refractivity contribution >= 4 is 16.8 Å². The van der Waals surface area contributed by atoms with Crippen LogP contribution < -0.4 is 10.9 Å². The van der Waals surface area contributed by atoms with Gasteiger partial charge in [-0.2, -0.15) is 0 Å². The molecule has 158 valence electrons. The highest BCUT2D eigenvalue weighted by Gasteiger charge is 2.17. The first-order valence-corrected chi connectivity index (χ1v) is 10.4. The Bertz CT molecular complexity index is 1320. The number of hydrogen-bond donors (Lipinski definition) is 2. The first-order chi connectivity index (χ1) is 14.8. The molecule has 3 aromatic heterocycles. The lowest BCUT2D eigenvalue weighted by Crippen LogP contribution is -2.28. The normalized spacial score (nSPS) is 11.3. The average molecular weight is 415 g/mol. The quantitative estimate of drug-likeness (QED) is 0.504. The molecule has 0 atom stereocenters. The van der Waals surface area contributed by atoms with E-state index in [2.05, 4.69) is 39.8 Å². The van der Waals surface area contributed by atoms with Crippen molar-refractivity contribution < 1.29 is 4.79 Å². The van der Waals surface area contributed by atoms with E-state index >= 15 is 0 Å². The molecule has 2 N–H and O–H groups in total. The maximum Gasteiger partial charge on any atom is 0.253 e. The summed E-state index contributed by atoms with van der Waals surface area (Å²) >= 11 is 0. The van der Waals surface area contributed by atoms with Crippen LogP contribution in [0.25, 0.3) is 22.0 Å². The van der Waals surface area contributed by atoms with E-state index in [1.54, 1.807) is 12.4 Å². The second-order valence-electron chi connectivity index (χ2n) is 8.14. The van der Waals surface area contributed by atoms with Gasteiger partial charge in [0.1, 0.15) is 0 Å². The largest absolute Gasteiger partial charge is 0.348 e. The number of hydrogen-bond acceptors (Lipinski definition) is 3. The summed E-state index contributed by atoms with van der Waals surface area (Å²) in [4.78, 5) is 32.6. The average Bonchev–Trinajstić information content (AvgIpc) is 3.17. The van der Waals surface area contributed by atoms with Crippen molar-refractivity contribution in [2.24, 2.45) is 0 Å². The number of pyridine rings is 2. The van der Waals surface area contributed by atoms with Crippen LogP contribution in [0.5, 0.6) is 0 Å². The predicted molar refractivity (Wildman–Crippen MR) is 123 cm³/mol. The lowest BCUT2D eigenvalue weighted by atomic mass is 10.0. The van der Waals surface area contributed by atoms with Crippen LogP contribution in [-0.2, 0) is 6.54 Å². The van der Waals surface area contributed by atoms with Gasteiger partial charge in [0, 0.05) is 64.5 Å². The standard InChI is InChI=1S/C25H26N4O2/c1-15(2)29-9-7-20-21(11-19(12-23(20)29)18-6-5-8-26-13-18)24(30)27-14-22-16(3)10-17(4)28-25(22)31/h5-13,15H,14H2,1-4H3,(H,27,30)(H,28,31). The molecule has 0 aliphatic heterocycles. The Kier molecular flexibility index (Phi) is 5.46. The fourth-order valence-electron chi connectivity index (χ4n) is 3.97. The van der Waals surface area contributed by atoms with Crippen molar-refractivity contribution in [3.63, 3.8) is 0 Å². The Morgan fingerprint density at radius 2 is 1.97 bits per heavy atom. The molecular weight excluding hydrogens is 388 g/mol. The van der Waals surface area contributed by atoms with Crippen LogP contribution >= 0.6 is 0 Å². The van der Waals surface area contributed by atoms with Gasteiger partial charge in [-0.15, -0.1) is 0 Å². The van der Waals surface area contributed by atoms with Gasteiger partial charge < -0.3 is 14.9 Å². The Balaban J connectivity index is 1.75. The molecule has 0 unspecified atom stereocenters. The SMILES string of the molecule is Cc1cc(C)c(CNC(=O)c2cc(-c3cccnc3)cc3c2ccn3C(C)C)c(=O)[nH]1. The van der Waals surface area contributed by atoms with Gasteiger partial charge in [0.2, 0.25) is 0 Å². The van der Waals surface area contributed by atoms with Gasteiger partial charge in [-0.3, -0.25) is 14.6 Å². The molecule has 6 nitrogen and oxygen atoms in total. The number of amides is 1.